The van der Waals surface area contributed by atoms with Gasteiger partial charge in [-0.2, -0.15) is 5.10 Å². The zero-order valence-corrected chi connectivity index (χ0v) is 17.4. The minimum atomic E-state index is -0.807. The molecule has 0 N–H and O–H groups in total. The standard InChI is InChI=1S/C23H25F2N3O2/c1-4-27(5-2)22(29)14-12-19-16(3)26-28(18-9-7-6-8-10-18)23(19)30-21-13-11-17(24)15-20(21)25/h6-11,13,15H,4-5,12,14H2,1-3H3. The molecule has 1 aromatic heterocycles. The molecule has 0 bridgehead atoms. The van der Waals surface area contributed by atoms with E-state index in [9.17, 15) is 13.6 Å². The first kappa shape index (κ1) is 21.5. The van der Waals surface area contributed by atoms with E-state index in [1.54, 1.807) is 9.58 Å². The normalized spacial score (nSPS) is 10.8. The van der Waals surface area contributed by atoms with E-state index in [-0.39, 0.29) is 18.1 Å². The number of carbonyl (C=O) groups excluding carboxylic acids is 1. The molecule has 1 amide bonds. The summed E-state index contributed by atoms with van der Waals surface area (Å²) in [6.45, 7) is 6.98. The largest absolute Gasteiger partial charge is 0.436 e. The van der Waals surface area contributed by atoms with Crippen LogP contribution < -0.4 is 4.74 Å². The molecule has 0 saturated heterocycles. The molecular weight excluding hydrogens is 388 g/mol. The summed E-state index contributed by atoms with van der Waals surface area (Å²) in [5.41, 5.74) is 2.13. The highest BCUT2D eigenvalue weighted by Gasteiger charge is 2.22. The van der Waals surface area contributed by atoms with Crippen molar-refractivity contribution < 1.29 is 18.3 Å². The van der Waals surface area contributed by atoms with Gasteiger partial charge in [0, 0.05) is 31.1 Å². The third kappa shape index (κ3) is 4.67. The Morgan fingerprint density at radius 1 is 1.10 bits per heavy atom. The molecule has 0 spiro atoms. The Kier molecular flexibility index (Phi) is 6.82. The average molecular weight is 413 g/mol. The van der Waals surface area contributed by atoms with Crippen molar-refractivity contribution in [3.05, 3.63) is 71.4 Å². The summed E-state index contributed by atoms with van der Waals surface area (Å²) in [7, 11) is 0. The maximum Gasteiger partial charge on any atom is 0.226 e. The van der Waals surface area contributed by atoms with Crippen molar-refractivity contribution in [1.29, 1.82) is 0 Å². The Balaban J connectivity index is 1.99. The van der Waals surface area contributed by atoms with Gasteiger partial charge in [0.2, 0.25) is 11.8 Å². The van der Waals surface area contributed by atoms with Gasteiger partial charge in [-0.25, -0.2) is 13.5 Å². The van der Waals surface area contributed by atoms with Gasteiger partial charge in [0.1, 0.15) is 5.82 Å². The molecular formula is C23H25F2N3O2. The van der Waals surface area contributed by atoms with Crippen LogP contribution in [0.15, 0.2) is 48.5 Å². The fourth-order valence-electron chi connectivity index (χ4n) is 3.30. The molecule has 0 radical (unpaired) electrons. The highest BCUT2D eigenvalue weighted by atomic mass is 19.1. The summed E-state index contributed by atoms with van der Waals surface area (Å²) in [5.74, 6) is -1.25. The minimum Gasteiger partial charge on any atom is -0.436 e. The SMILES string of the molecule is CCN(CC)C(=O)CCc1c(C)nn(-c2ccccc2)c1Oc1ccc(F)cc1F. The van der Waals surface area contributed by atoms with E-state index in [1.165, 1.54) is 6.07 Å². The number of rotatable bonds is 8. The number of hydrogen-bond donors (Lipinski definition) is 0. The Hall–Kier alpha value is -3.22. The topological polar surface area (TPSA) is 47.4 Å². The van der Waals surface area contributed by atoms with Gasteiger partial charge in [-0.05, 0) is 51.5 Å². The highest BCUT2D eigenvalue weighted by molar-refractivity contribution is 5.76. The molecule has 7 heteroatoms. The van der Waals surface area contributed by atoms with Crippen LogP contribution in [0.25, 0.3) is 5.69 Å². The molecule has 3 rings (SSSR count). The minimum absolute atomic E-state index is 0.0331. The molecule has 0 atom stereocenters. The zero-order valence-electron chi connectivity index (χ0n) is 17.4. The lowest BCUT2D eigenvalue weighted by Gasteiger charge is -2.18. The summed E-state index contributed by atoms with van der Waals surface area (Å²) >= 11 is 0. The summed E-state index contributed by atoms with van der Waals surface area (Å²) in [6.07, 6.45) is 0.678. The molecule has 0 fully saturated rings. The predicted octanol–water partition coefficient (Wildman–Crippen LogP) is 5.05. The highest BCUT2D eigenvalue weighted by Crippen LogP contribution is 2.33. The van der Waals surface area contributed by atoms with E-state index in [0.29, 0.717) is 36.6 Å². The van der Waals surface area contributed by atoms with Crippen LogP contribution in [-0.4, -0.2) is 33.7 Å². The number of nitrogens with zero attached hydrogens (tertiary/aromatic N) is 3. The Morgan fingerprint density at radius 2 is 1.80 bits per heavy atom. The number of ether oxygens (including phenoxy) is 1. The molecule has 0 saturated carbocycles. The number of carbonyl (C=O) groups is 1. The van der Waals surface area contributed by atoms with Gasteiger partial charge >= 0.3 is 0 Å². The lowest BCUT2D eigenvalue weighted by molar-refractivity contribution is -0.130. The van der Waals surface area contributed by atoms with Gasteiger partial charge in [-0.3, -0.25) is 4.79 Å². The second-order valence-electron chi connectivity index (χ2n) is 6.86. The molecule has 1 heterocycles. The second kappa shape index (κ2) is 9.52. The van der Waals surface area contributed by atoms with Crippen molar-refractivity contribution in [1.82, 2.24) is 14.7 Å². The molecule has 0 unspecified atom stereocenters. The summed E-state index contributed by atoms with van der Waals surface area (Å²) in [6, 6.07) is 12.5. The van der Waals surface area contributed by atoms with E-state index in [2.05, 4.69) is 5.10 Å². The smallest absolute Gasteiger partial charge is 0.226 e. The lowest BCUT2D eigenvalue weighted by atomic mass is 10.1. The van der Waals surface area contributed by atoms with Gasteiger partial charge < -0.3 is 9.64 Å². The van der Waals surface area contributed by atoms with E-state index >= 15 is 0 Å². The van der Waals surface area contributed by atoms with Crippen molar-refractivity contribution in [2.24, 2.45) is 0 Å². The molecule has 158 valence electrons. The van der Waals surface area contributed by atoms with Crippen LogP contribution in [-0.2, 0) is 11.2 Å². The van der Waals surface area contributed by atoms with Gasteiger partial charge in [0.05, 0.1) is 11.4 Å². The predicted molar refractivity (Wildman–Crippen MR) is 111 cm³/mol. The number of amides is 1. The van der Waals surface area contributed by atoms with E-state index < -0.39 is 11.6 Å². The summed E-state index contributed by atoms with van der Waals surface area (Å²) in [4.78, 5) is 14.2. The van der Waals surface area contributed by atoms with Crippen molar-refractivity contribution in [3.8, 4) is 17.3 Å². The van der Waals surface area contributed by atoms with Crippen LogP contribution in [0.1, 0.15) is 31.5 Å². The van der Waals surface area contributed by atoms with Crippen molar-refractivity contribution in [3.63, 3.8) is 0 Å². The first-order valence-electron chi connectivity index (χ1n) is 9.99. The van der Waals surface area contributed by atoms with Gasteiger partial charge in [-0.1, -0.05) is 18.2 Å². The average Bonchev–Trinajstić information content (AvgIpc) is 3.05. The third-order valence-corrected chi connectivity index (χ3v) is 4.94. The molecule has 5 nitrogen and oxygen atoms in total. The van der Waals surface area contributed by atoms with Crippen molar-refractivity contribution in [2.45, 2.75) is 33.6 Å². The number of aromatic nitrogens is 2. The fraction of sp³-hybridized carbons (Fsp3) is 0.304. The monoisotopic (exact) mass is 413 g/mol. The number of halogens is 2. The van der Waals surface area contributed by atoms with Crippen LogP contribution in [0.5, 0.6) is 11.6 Å². The number of hydrogen-bond acceptors (Lipinski definition) is 3. The number of para-hydroxylation sites is 1. The number of benzene rings is 2. The van der Waals surface area contributed by atoms with E-state index in [4.69, 9.17) is 4.74 Å². The maximum absolute atomic E-state index is 14.3. The van der Waals surface area contributed by atoms with Crippen LogP contribution in [0.2, 0.25) is 0 Å². The van der Waals surface area contributed by atoms with Crippen molar-refractivity contribution in [2.75, 3.05) is 13.1 Å². The first-order valence-corrected chi connectivity index (χ1v) is 9.99. The molecule has 0 aliphatic rings. The van der Waals surface area contributed by atoms with Crippen LogP contribution >= 0.6 is 0 Å². The quantitative estimate of drug-likeness (QED) is 0.519. The Labute approximate surface area is 174 Å². The Morgan fingerprint density at radius 3 is 2.43 bits per heavy atom. The third-order valence-electron chi connectivity index (χ3n) is 4.94. The molecule has 0 aliphatic heterocycles. The lowest BCUT2D eigenvalue weighted by Crippen LogP contribution is -2.30. The van der Waals surface area contributed by atoms with E-state index in [1.807, 2.05) is 51.1 Å². The van der Waals surface area contributed by atoms with Gasteiger partial charge in [0.15, 0.2) is 11.6 Å². The molecule has 30 heavy (non-hydrogen) atoms. The molecule has 0 aliphatic carbocycles. The summed E-state index contributed by atoms with van der Waals surface area (Å²) in [5, 5.41) is 4.56. The number of aryl methyl sites for hydroxylation is 1. The van der Waals surface area contributed by atoms with Crippen LogP contribution in [0.4, 0.5) is 8.78 Å². The van der Waals surface area contributed by atoms with Gasteiger partial charge in [0.25, 0.3) is 0 Å². The Bertz CT molecular complexity index is 1010. The fourth-order valence-corrected chi connectivity index (χ4v) is 3.30. The van der Waals surface area contributed by atoms with Crippen LogP contribution in [0.3, 0.4) is 0 Å². The first-order chi connectivity index (χ1) is 14.4. The molecule has 3 aromatic rings. The van der Waals surface area contributed by atoms with Gasteiger partial charge in [-0.15, -0.1) is 0 Å². The van der Waals surface area contributed by atoms with Crippen molar-refractivity contribution >= 4 is 5.91 Å². The zero-order chi connectivity index (χ0) is 21.7. The van der Waals surface area contributed by atoms with E-state index in [0.717, 1.165) is 17.8 Å². The van der Waals surface area contributed by atoms with Crippen LogP contribution in [0, 0.1) is 18.6 Å². The molecule has 2 aromatic carbocycles. The second-order valence-corrected chi connectivity index (χ2v) is 6.86. The summed E-state index contributed by atoms with van der Waals surface area (Å²) < 4.78 is 35.0. The maximum atomic E-state index is 14.3.